The Balaban J connectivity index is 1.92. The highest BCUT2D eigenvalue weighted by molar-refractivity contribution is 5.95. The number of carbonyl (C=O) groups is 1. The summed E-state index contributed by atoms with van der Waals surface area (Å²) in [6, 6.07) is 9.06. The van der Waals surface area contributed by atoms with E-state index in [9.17, 15) is 4.79 Å². The van der Waals surface area contributed by atoms with Gasteiger partial charge >= 0.3 is 0 Å². The Bertz CT molecular complexity index is 444. The molecule has 0 aromatic heterocycles. The molecule has 0 aliphatic carbocycles. The third kappa shape index (κ3) is 3.29. The van der Waals surface area contributed by atoms with Gasteiger partial charge in [0.2, 0.25) is 5.91 Å². The predicted octanol–water partition coefficient (Wildman–Crippen LogP) is 0.680. The zero-order chi connectivity index (χ0) is 12.8. The summed E-state index contributed by atoms with van der Waals surface area (Å²) in [5, 5.41) is 14.5. The zero-order valence-corrected chi connectivity index (χ0v) is 9.98. The molecule has 1 aliphatic rings. The molecule has 1 saturated heterocycles. The Morgan fingerprint density at radius 1 is 1.50 bits per heavy atom. The predicted molar refractivity (Wildman–Crippen MR) is 67.0 cm³/mol. The van der Waals surface area contributed by atoms with Crippen LogP contribution in [0.15, 0.2) is 24.3 Å². The van der Waals surface area contributed by atoms with Crippen molar-refractivity contribution in [3.63, 3.8) is 0 Å². The maximum absolute atomic E-state index is 11.9. The van der Waals surface area contributed by atoms with Gasteiger partial charge in [0.05, 0.1) is 25.7 Å². The van der Waals surface area contributed by atoms with Gasteiger partial charge in [0, 0.05) is 12.2 Å². The van der Waals surface area contributed by atoms with Crippen LogP contribution >= 0.6 is 0 Å². The molecule has 0 spiro atoms. The number of hydrogen-bond acceptors (Lipinski definition) is 4. The van der Waals surface area contributed by atoms with E-state index in [1.54, 1.807) is 12.1 Å². The number of morpholine rings is 1. The van der Waals surface area contributed by atoms with Gasteiger partial charge in [-0.1, -0.05) is 12.1 Å². The maximum atomic E-state index is 11.9. The van der Waals surface area contributed by atoms with E-state index in [4.69, 9.17) is 10.00 Å². The van der Waals surface area contributed by atoms with Crippen molar-refractivity contribution in [3.8, 4) is 6.07 Å². The minimum Gasteiger partial charge on any atom is -0.378 e. The average molecular weight is 245 g/mol. The number of benzene rings is 1. The second-order valence-corrected chi connectivity index (χ2v) is 4.10. The zero-order valence-electron chi connectivity index (χ0n) is 9.98. The number of ether oxygens (including phenoxy) is 1. The highest BCUT2D eigenvalue weighted by atomic mass is 16.5. The summed E-state index contributed by atoms with van der Waals surface area (Å²) in [5.41, 5.74) is 1.67. The molecule has 94 valence electrons. The lowest BCUT2D eigenvalue weighted by Crippen LogP contribution is -2.48. The van der Waals surface area contributed by atoms with Crippen LogP contribution < -0.4 is 10.6 Å². The van der Waals surface area contributed by atoms with E-state index < -0.39 is 0 Å². The molecule has 1 heterocycles. The highest BCUT2D eigenvalue weighted by Crippen LogP contribution is 2.10. The molecule has 0 saturated carbocycles. The SMILES string of the molecule is N#CCc1ccc(NC(=O)C2COCCN2)cc1. The minimum atomic E-state index is -0.294. The van der Waals surface area contributed by atoms with Gasteiger partial charge in [0.15, 0.2) is 0 Å². The van der Waals surface area contributed by atoms with Gasteiger partial charge in [-0.25, -0.2) is 0 Å². The molecule has 18 heavy (non-hydrogen) atoms. The first-order valence-electron chi connectivity index (χ1n) is 5.87. The molecule has 2 rings (SSSR count). The van der Waals surface area contributed by atoms with E-state index in [1.165, 1.54) is 0 Å². The molecule has 1 unspecified atom stereocenters. The summed E-state index contributed by atoms with van der Waals surface area (Å²) in [7, 11) is 0. The first-order valence-corrected chi connectivity index (χ1v) is 5.87. The maximum Gasteiger partial charge on any atom is 0.243 e. The molecule has 1 amide bonds. The van der Waals surface area contributed by atoms with Crippen LogP contribution in [-0.2, 0) is 16.0 Å². The van der Waals surface area contributed by atoms with Crippen molar-refractivity contribution < 1.29 is 9.53 Å². The monoisotopic (exact) mass is 245 g/mol. The van der Waals surface area contributed by atoms with Crippen molar-refractivity contribution in [2.45, 2.75) is 12.5 Å². The standard InChI is InChI=1S/C13H15N3O2/c14-6-5-10-1-3-11(4-2-10)16-13(17)12-9-18-8-7-15-12/h1-4,12,15H,5,7-9H2,(H,16,17). The van der Waals surface area contributed by atoms with E-state index in [1.807, 2.05) is 12.1 Å². The summed E-state index contributed by atoms with van der Waals surface area (Å²) < 4.78 is 5.23. The third-order valence-corrected chi connectivity index (χ3v) is 2.74. The lowest BCUT2D eigenvalue weighted by molar-refractivity contribution is -0.120. The third-order valence-electron chi connectivity index (χ3n) is 2.74. The molecule has 0 bridgehead atoms. The van der Waals surface area contributed by atoms with Crippen LogP contribution in [0.1, 0.15) is 5.56 Å². The number of hydrogen-bond donors (Lipinski definition) is 2. The van der Waals surface area contributed by atoms with Gasteiger partial charge in [-0.3, -0.25) is 4.79 Å². The molecule has 1 atom stereocenters. The molecule has 5 nitrogen and oxygen atoms in total. The van der Waals surface area contributed by atoms with Crippen LogP contribution in [0.5, 0.6) is 0 Å². The number of nitrogens with one attached hydrogen (secondary N) is 2. The fourth-order valence-corrected chi connectivity index (χ4v) is 1.76. The lowest BCUT2D eigenvalue weighted by Gasteiger charge is -2.22. The Hall–Kier alpha value is -1.90. The van der Waals surface area contributed by atoms with Gasteiger partial charge in [-0.15, -0.1) is 0 Å². The number of nitrogens with zero attached hydrogens (tertiary/aromatic N) is 1. The topological polar surface area (TPSA) is 74.2 Å². The lowest BCUT2D eigenvalue weighted by atomic mass is 10.1. The van der Waals surface area contributed by atoms with E-state index in [0.29, 0.717) is 26.2 Å². The fraction of sp³-hybridized carbons (Fsp3) is 0.385. The molecule has 1 aliphatic heterocycles. The van der Waals surface area contributed by atoms with Crippen molar-refractivity contribution in [1.82, 2.24) is 5.32 Å². The largest absolute Gasteiger partial charge is 0.378 e. The number of nitriles is 1. The Kier molecular flexibility index (Phi) is 4.29. The molecule has 2 N–H and O–H groups in total. The van der Waals surface area contributed by atoms with Crippen molar-refractivity contribution in [2.24, 2.45) is 0 Å². The van der Waals surface area contributed by atoms with E-state index in [0.717, 1.165) is 11.3 Å². The first kappa shape index (κ1) is 12.6. The van der Waals surface area contributed by atoms with Gasteiger partial charge < -0.3 is 15.4 Å². The second-order valence-electron chi connectivity index (χ2n) is 4.10. The summed E-state index contributed by atoms with van der Waals surface area (Å²) >= 11 is 0. The van der Waals surface area contributed by atoms with Crippen LogP contribution in [0.2, 0.25) is 0 Å². The van der Waals surface area contributed by atoms with E-state index in [-0.39, 0.29) is 11.9 Å². The summed E-state index contributed by atoms with van der Waals surface area (Å²) in [5.74, 6) is -0.0947. The van der Waals surface area contributed by atoms with Crippen molar-refractivity contribution in [1.29, 1.82) is 5.26 Å². The fourth-order valence-electron chi connectivity index (χ4n) is 1.76. The normalized spacial score (nSPS) is 18.9. The average Bonchev–Trinajstić information content (AvgIpc) is 2.42. The Morgan fingerprint density at radius 2 is 2.28 bits per heavy atom. The number of anilines is 1. The number of carbonyl (C=O) groups excluding carboxylic acids is 1. The molecule has 5 heteroatoms. The molecule has 1 aromatic rings. The van der Waals surface area contributed by atoms with Crippen molar-refractivity contribution in [2.75, 3.05) is 25.1 Å². The molecule has 0 radical (unpaired) electrons. The van der Waals surface area contributed by atoms with Gasteiger partial charge in [-0.2, -0.15) is 5.26 Å². The molecule has 1 fully saturated rings. The molecular formula is C13H15N3O2. The van der Waals surface area contributed by atoms with Crippen LogP contribution in [0.3, 0.4) is 0 Å². The Labute approximate surface area is 106 Å². The Morgan fingerprint density at radius 3 is 2.89 bits per heavy atom. The second kappa shape index (κ2) is 6.15. The van der Waals surface area contributed by atoms with Crippen LogP contribution in [0, 0.1) is 11.3 Å². The number of rotatable bonds is 3. The van der Waals surface area contributed by atoms with Crippen molar-refractivity contribution >= 4 is 11.6 Å². The highest BCUT2D eigenvalue weighted by Gasteiger charge is 2.20. The van der Waals surface area contributed by atoms with Gasteiger partial charge in [0.1, 0.15) is 6.04 Å². The van der Waals surface area contributed by atoms with Crippen molar-refractivity contribution in [3.05, 3.63) is 29.8 Å². The summed E-state index contributed by atoms with van der Waals surface area (Å²) in [6.07, 6.45) is 0.381. The smallest absolute Gasteiger partial charge is 0.243 e. The van der Waals surface area contributed by atoms with Crippen LogP contribution in [-0.4, -0.2) is 31.7 Å². The molecule has 1 aromatic carbocycles. The quantitative estimate of drug-likeness (QED) is 0.821. The van der Waals surface area contributed by atoms with E-state index in [2.05, 4.69) is 16.7 Å². The van der Waals surface area contributed by atoms with Crippen LogP contribution in [0.4, 0.5) is 5.69 Å². The van der Waals surface area contributed by atoms with Crippen LogP contribution in [0.25, 0.3) is 0 Å². The van der Waals surface area contributed by atoms with Gasteiger partial charge in [-0.05, 0) is 17.7 Å². The summed E-state index contributed by atoms with van der Waals surface area (Å²) in [6.45, 7) is 1.74. The minimum absolute atomic E-state index is 0.0947. The van der Waals surface area contributed by atoms with E-state index >= 15 is 0 Å². The first-order chi connectivity index (χ1) is 8.79. The molecular weight excluding hydrogens is 230 g/mol. The van der Waals surface area contributed by atoms with Gasteiger partial charge in [0.25, 0.3) is 0 Å². The summed E-state index contributed by atoms with van der Waals surface area (Å²) in [4.78, 5) is 11.9. The number of amides is 1.